The molecule has 0 spiro atoms. The average Bonchev–Trinajstić information content (AvgIpc) is 3.11. The van der Waals surface area contributed by atoms with Gasteiger partial charge in [-0.25, -0.2) is 17.9 Å². The molecule has 0 aliphatic heterocycles. The van der Waals surface area contributed by atoms with E-state index in [2.05, 4.69) is 4.72 Å². The number of rotatable bonds is 7. The highest BCUT2D eigenvalue weighted by Crippen LogP contribution is 2.31. The Morgan fingerprint density at radius 3 is 2.38 bits per heavy atom. The molecule has 9 heteroatoms. The molecule has 0 amide bonds. The van der Waals surface area contributed by atoms with Gasteiger partial charge in [0.25, 0.3) is 0 Å². The second-order valence-electron chi connectivity index (χ2n) is 7.09. The van der Waals surface area contributed by atoms with Crippen LogP contribution in [-0.2, 0) is 17.3 Å². The largest absolute Gasteiger partial charge is 0.478 e. The highest BCUT2D eigenvalue weighted by molar-refractivity contribution is 7.73. The van der Waals surface area contributed by atoms with Gasteiger partial charge in [-0.3, -0.25) is 4.72 Å². The van der Waals surface area contributed by atoms with Crippen LogP contribution in [0.2, 0.25) is 0 Å². The maximum Gasteiger partial charge on any atom is 0.335 e. The van der Waals surface area contributed by atoms with Crippen LogP contribution < -0.4 is 10.5 Å². The molecular formula is C23H20N4O4S. The highest BCUT2D eigenvalue weighted by Gasteiger charge is 2.19. The molecule has 0 saturated heterocycles. The lowest BCUT2D eigenvalue weighted by Gasteiger charge is -2.07. The number of carboxylic acids is 1. The SMILES string of the molecule is Nc1c(Cc2ccc(N[SH](=O)=O)cc2)c(-c2ccccc2)nn1-c1cccc(C(=O)O)c1. The first kappa shape index (κ1) is 21.1. The Morgan fingerprint density at radius 2 is 1.72 bits per heavy atom. The molecule has 3 aromatic carbocycles. The average molecular weight is 449 g/mol. The third-order valence-corrected chi connectivity index (χ3v) is 5.40. The number of aromatic carboxylic acids is 1. The quantitative estimate of drug-likeness (QED) is 0.321. The number of nitrogens with two attached hydrogens (primary N) is 1. The standard InChI is InChI=1S/C23H20N4O4S/c24-22-20(13-15-9-11-18(12-10-15)26-32(30)31)21(16-5-2-1-3-6-16)25-27(22)19-8-4-7-17(14-19)23(28)29/h1-12,14,32H,13,24H2,(H,28,29)(H,26,30,31). The molecule has 162 valence electrons. The third kappa shape index (κ3) is 4.47. The van der Waals surface area contributed by atoms with Crippen molar-refractivity contribution in [2.45, 2.75) is 6.42 Å². The number of carboxylic acid groups (broad SMARTS) is 1. The minimum absolute atomic E-state index is 0.139. The first-order valence-corrected chi connectivity index (χ1v) is 10.9. The summed E-state index contributed by atoms with van der Waals surface area (Å²) in [5, 5.41) is 14.0. The number of nitrogen functional groups attached to an aromatic ring is 1. The lowest BCUT2D eigenvalue weighted by Crippen LogP contribution is -2.05. The lowest BCUT2D eigenvalue weighted by molar-refractivity contribution is 0.0697. The topological polar surface area (TPSA) is 127 Å². The number of aromatic nitrogens is 2. The Kier molecular flexibility index (Phi) is 5.91. The summed E-state index contributed by atoms with van der Waals surface area (Å²) in [6, 6.07) is 23.0. The van der Waals surface area contributed by atoms with Crippen molar-refractivity contribution in [3.05, 3.63) is 95.6 Å². The molecule has 0 fully saturated rings. The minimum atomic E-state index is -2.73. The number of hydrogen-bond acceptors (Lipinski definition) is 5. The van der Waals surface area contributed by atoms with Gasteiger partial charge in [-0.05, 0) is 35.9 Å². The van der Waals surface area contributed by atoms with Crippen LogP contribution >= 0.6 is 0 Å². The van der Waals surface area contributed by atoms with Crippen LogP contribution in [0.4, 0.5) is 11.5 Å². The van der Waals surface area contributed by atoms with E-state index in [0.29, 0.717) is 29.3 Å². The van der Waals surface area contributed by atoms with Crippen LogP contribution in [0, 0.1) is 0 Å². The summed E-state index contributed by atoms with van der Waals surface area (Å²) in [5.41, 5.74) is 10.9. The number of thiol groups is 1. The molecule has 0 aliphatic carbocycles. The summed E-state index contributed by atoms with van der Waals surface area (Å²) >= 11 is 0. The fraction of sp³-hybridized carbons (Fsp3) is 0.0435. The summed E-state index contributed by atoms with van der Waals surface area (Å²) in [6.07, 6.45) is 0.457. The fourth-order valence-corrected chi connectivity index (χ4v) is 3.80. The number of hydrogen-bond donors (Lipinski definition) is 4. The molecule has 1 aromatic heterocycles. The predicted molar refractivity (Wildman–Crippen MR) is 124 cm³/mol. The summed E-state index contributed by atoms with van der Waals surface area (Å²) < 4.78 is 25.6. The normalized spacial score (nSPS) is 10.9. The van der Waals surface area contributed by atoms with E-state index in [1.54, 1.807) is 28.9 Å². The molecule has 4 N–H and O–H groups in total. The van der Waals surface area contributed by atoms with E-state index in [0.717, 1.165) is 16.7 Å². The van der Waals surface area contributed by atoms with Gasteiger partial charge in [0.1, 0.15) is 5.82 Å². The number of benzene rings is 3. The van der Waals surface area contributed by atoms with Crippen molar-refractivity contribution in [1.29, 1.82) is 0 Å². The van der Waals surface area contributed by atoms with Gasteiger partial charge in [0.05, 0.1) is 16.9 Å². The monoisotopic (exact) mass is 448 g/mol. The van der Waals surface area contributed by atoms with Crippen LogP contribution in [0.25, 0.3) is 16.9 Å². The molecule has 0 atom stereocenters. The van der Waals surface area contributed by atoms with Crippen molar-refractivity contribution in [3.63, 3.8) is 0 Å². The molecule has 0 bridgehead atoms. The highest BCUT2D eigenvalue weighted by atomic mass is 32.2. The van der Waals surface area contributed by atoms with E-state index in [-0.39, 0.29) is 5.56 Å². The molecule has 0 saturated carbocycles. The van der Waals surface area contributed by atoms with Crippen LogP contribution in [0.5, 0.6) is 0 Å². The Hall–Kier alpha value is -4.11. The second kappa shape index (κ2) is 8.94. The number of anilines is 2. The van der Waals surface area contributed by atoms with Crippen LogP contribution in [0.3, 0.4) is 0 Å². The van der Waals surface area contributed by atoms with E-state index < -0.39 is 16.9 Å². The van der Waals surface area contributed by atoms with Gasteiger partial charge in [0.15, 0.2) is 0 Å². The molecule has 0 radical (unpaired) electrons. The van der Waals surface area contributed by atoms with Crippen LogP contribution in [0.1, 0.15) is 21.5 Å². The van der Waals surface area contributed by atoms with Crippen molar-refractivity contribution in [1.82, 2.24) is 9.78 Å². The maximum absolute atomic E-state index is 11.4. The maximum atomic E-state index is 11.4. The van der Waals surface area contributed by atoms with Crippen LogP contribution in [-0.4, -0.2) is 29.3 Å². The van der Waals surface area contributed by atoms with E-state index in [9.17, 15) is 18.3 Å². The molecule has 8 nitrogen and oxygen atoms in total. The van der Waals surface area contributed by atoms with Gasteiger partial charge >= 0.3 is 5.97 Å². The summed E-state index contributed by atoms with van der Waals surface area (Å²) in [7, 11) is -2.73. The van der Waals surface area contributed by atoms with E-state index in [4.69, 9.17) is 10.8 Å². The Bertz CT molecular complexity index is 1340. The van der Waals surface area contributed by atoms with Crippen molar-refractivity contribution in [3.8, 4) is 16.9 Å². The first-order chi connectivity index (χ1) is 15.4. The zero-order valence-corrected chi connectivity index (χ0v) is 17.7. The predicted octanol–water partition coefficient (Wildman–Crippen LogP) is 3.35. The summed E-state index contributed by atoms with van der Waals surface area (Å²) in [4.78, 5) is 11.4. The molecule has 1 heterocycles. The summed E-state index contributed by atoms with van der Waals surface area (Å²) in [5.74, 6) is -0.633. The Labute approximate surface area is 186 Å². The second-order valence-corrected chi connectivity index (χ2v) is 7.83. The van der Waals surface area contributed by atoms with Crippen molar-refractivity contribution >= 4 is 28.4 Å². The van der Waals surface area contributed by atoms with Gasteiger partial charge in [0, 0.05) is 23.2 Å². The van der Waals surface area contributed by atoms with Gasteiger partial charge in [-0.2, -0.15) is 5.10 Å². The number of nitrogens with zero attached hydrogens (tertiary/aromatic N) is 2. The van der Waals surface area contributed by atoms with Crippen molar-refractivity contribution in [2.24, 2.45) is 0 Å². The van der Waals surface area contributed by atoms with Crippen LogP contribution in [0.15, 0.2) is 78.9 Å². The molecule has 4 rings (SSSR count). The fourth-order valence-electron chi connectivity index (χ4n) is 3.44. The van der Waals surface area contributed by atoms with Gasteiger partial charge in [-0.1, -0.05) is 48.5 Å². The zero-order valence-electron chi connectivity index (χ0n) is 16.8. The smallest absolute Gasteiger partial charge is 0.335 e. The van der Waals surface area contributed by atoms with E-state index >= 15 is 0 Å². The molecule has 4 aromatic rings. The van der Waals surface area contributed by atoms with Gasteiger partial charge in [-0.15, -0.1) is 0 Å². The summed E-state index contributed by atoms with van der Waals surface area (Å²) in [6.45, 7) is 0. The molecule has 0 aliphatic rings. The zero-order chi connectivity index (χ0) is 22.7. The first-order valence-electron chi connectivity index (χ1n) is 9.69. The van der Waals surface area contributed by atoms with Crippen molar-refractivity contribution in [2.75, 3.05) is 10.5 Å². The molecule has 32 heavy (non-hydrogen) atoms. The number of nitrogens with one attached hydrogen (secondary N) is 1. The molecule has 0 unspecified atom stereocenters. The van der Waals surface area contributed by atoms with Gasteiger partial charge in [0.2, 0.25) is 10.9 Å². The van der Waals surface area contributed by atoms with E-state index in [1.807, 2.05) is 42.5 Å². The lowest BCUT2D eigenvalue weighted by atomic mass is 10.0. The van der Waals surface area contributed by atoms with Crippen molar-refractivity contribution < 1.29 is 18.3 Å². The van der Waals surface area contributed by atoms with E-state index in [1.165, 1.54) is 12.1 Å². The third-order valence-electron chi connectivity index (χ3n) is 4.96. The Morgan fingerprint density at radius 1 is 1.00 bits per heavy atom. The Balaban J connectivity index is 1.78. The van der Waals surface area contributed by atoms with Gasteiger partial charge < -0.3 is 10.8 Å². The molecular weight excluding hydrogens is 428 g/mol. The number of carbonyl (C=O) groups is 1. The minimum Gasteiger partial charge on any atom is -0.478 e.